The first-order chi connectivity index (χ1) is 10.7. The van der Waals surface area contributed by atoms with Crippen molar-refractivity contribution in [3.63, 3.8) is 0 Å². The van der Waals surface area contributed by atoms with E-state index in [0.717, 1.165) is 16.3 Å². The predicted molar refractivity (Wildman–Crippen MR) is 87.9 cm³/mol. The minimum atomic E-state index is -0.785. The van der Waals surface area contributed by atoms with Gasteiger partial charge in [0.05, 0.1) is 7.11 Å². The van der Waals surface area contributed by atoms with Gasteiger partial charge in [0.1, 0.15) is 16.5 Å². The summed E-state index contributed by atoms with van der Waals surface area (Å²) in [5.74, 6) is 1.83. The van der Waals surface area contributed by atoms with Crippen LogP contribution < -0.4 is 4.74 Å². The van der Waals surface area contributed by atoms with Crippen molar-refractivity contribution in [2.45, 2.75) is 0 Å². The van der Waals surface area contributed by atoms with Crippen LogP contribution in [0.15, 0.2) is 29.6 Å². The van der Waals surface area contributed by atoms with Crippen LogP contribution in [0, 0.1) is 0 Å². The van der Waals surface area contributed by atoms with Gasteiger partial charge in [-0.25, -0.2) is 4.98 Å². The lowest BCUT2D eigenvalue weighted by molar-refractivity contribution is 0.0766. The maximum atomic E-state index is 12.4. The molecule has 0 N–H and O–H groups in total. The number of nitrogens with zero attached hydrogens (tertiary/aromatic N) is 2. The van der Waals surface area contributed by atoms with Crippen LogP contribution in [0.2, 0.25) is 0 Å². The molecular formula is C15H16N2O3S2. The molecule has 5 nitrogen and oxygen atoms in total. The van der Waals surface area contributed by atoms with Crippen molar-refractivity contribution in [3.8, 4) is 16.3 Å². The number of thiazole rings is 1. The van der Waals surface area contributed by atoms with Crippen molar-refractivity contribution >= 4 is 28.0 Å². The lowest BCUT2D eigenvalue weighted by Crippen LogP contribution is -2.41. The van der Waals surface area contributed by atoms with Gasteiger partial charge in [-0.05, 0) is 24.3 Å². The first-order valence-corrected chi connectivity index (χ1v) is 9.28. The third-order valence-electron chi connectivity index (χ3n) is 3.53. The number of carbonyl (C=O) groups is 1. The summed E-state index contributed by atoms with van der Waals surface area (Å²) in [5.41, 5.74) is 1.42. The van der Waals surface area contributed by atoms with Gasteiger partial charge in [0.25, 0.3) is 5.91 Å². The summed E-state index contributed by atoms with van der Waals surface area (Å²) in [6, 6.07) is 7.60. The van der Waals surface area contributed by atoms with Crippen molar-refractivity contribution in [1.29, 1.82) is 0 Å². The van der Waals surface area contributed by atoms with Gasteiger partial charge >= 0.3 is 0 Å². The van der Waals surface area contributed by atoms with E-state index in [1.165, 1.54) is 11.3 Å². The smallest absolute Gasteiger partial charge is 0.273 e. The van der Waals surface area contributed by atoms with Crippen molar-refractivity contribution in [3.05, 3.63) is 35.3 Å². The molecule has 1 saturated heterocycles. The van der Waals surface area contributed by atoms with Gasteiger partial charge in [-0.1, -0.05) is 0 Å². The Kier molecular flexibility index (Phi) is 4.54. The number of hydrogen-bond acceptors (Lipinski definition) is 5. The zero-order valence-electron chi connectivity index (χ0n) is 12.2. The Bertz CT molecular complexity index is 687. The molecule has 0 bridgehead atoms. The lowest BCUT2D eigenvalue weighted by Gasteiger charge is -2.25. The molecule has 1 amide bonds. The van der Waals surface area contributed by atoms with Crippen molar-refractivity contribution in [2.75, 3.05) is 31.7 Å². The normalized spacial score (nSPS) is 15.8. The zero-order chi connectivity index (χ0) is 15.5. The molecule has 7 heteroatoms. The Morgan fingerprint density at radius 1 is 1.27 bits per heavy atom. The Balaban J connectivity index is 1.75. The molecule has 1 aromatic heterocycles. The van der Waals surface area contributed by atoms with E-state index in [2.05, 4.69) is 4.98 Å². The number of amides is 1. The van der Waals surface area contributed by atoms with E-state index >= 15 is 0 Å². The molecule has 116 valence electrons. The largest absolute Gasteiger partial charge is 0.497 e. The van der Waals surface area contributed by atoms with E-state index in [-0.39, 0.29) is 5.91 Å². The van der Waals surface area contributed by atoms with Crippen molar-refractivity contribution < 1.29 is 13.7 Å². The first kappa shape index (κ1) is 15.2. The van der Waals surface area contributed by atoms with Crippen LogP contribution >= 0.6 is 11.3 Å². The van der Waals surface area contributed by atoms with E-state index in [9.17, 15) is 9.00 Å². The van der Waals surface area contributed by atoms with Crippen LogP contribution in [0.1, 0.15) is 10.5 Å². The predicted octanol–water partition coefficient (Wildman–Crippen LogP) is 2.02. The number of aromatic nitrogens is 1. The Morgan fingerprint density at radius 3 is 2.59 bits per heavy atom. The van der Waals surface area contributed by atoms with Crippen LogP contribution in [0.5, 0.6) is 5.75 Å². The molecule has 0 atom stereocenters. The summed E-state index contributed by atoms with van der Waals surface area (Å²) < 4.78 is 16.5. The minimum Gasteiger partial charge on any atom is -0.497 e. The fourth-order valence-electron chi connectivity index (χ4n) is 2.24. The average Bonchev–Trinajstić information content (AvgIpc) is 3.05. The maximum Gasteiger partial charge on any atom is 0.273 e. The molecule has 1 aliphatic heterocycles. The molecular weight excluding hydrogens is 320 g/mol. The maximum absolute atomic E-state index is 12.4. The SMILES string of the molecule is COc1ccc(-c2nc(C(=O)N3CCS(=O)CC3)cs2)cc1. The summed E-state index contributed by atoms with van der Waals surface area (Å²) >= 11 is 1.45. The Hall–Kier alpha value is -1.73. The number of methoxy groups -OCH3 is 1. The summed E-state index contributed by atoms with van der Waals surface area (Å²) in [4.78, 5) is 18.6. The van der Waals surface area contributed by atoms with Crippen LogP contribution in [-0.2, 0) is 10.8 Å². The summed E-state index contributed by atoms with van der Waals surface area (Å²) in [5, 5.41) is 2.60. The zero-order valence-corrected chi connectivity index (χ0v) is 13.8. The fourth-order valence-corrected chi connectivity index (χ4v) is 4.09. The summed E-state index contributed by atoms with van der Waals surface area (Å²) in [6.45, 7) is 1.09. The molecule has 0 aliphatic carbocycles. The highest BCUT2D eigenvalue weighted by Crippen LogP contribution is 2.26. The van der Waals surface area contributed by atoms with Gasteiger partial charge in [0, 0.05) is 46.3 Å². The molecule has 3 rings (SSSR count). The highest BCUT2D eigenvalue weighted by molar-refractivity contribution is 7.85. The van der Waals surface area contributed by atoms with E-state index in [0.29, 0.717) is 30.3 Å². The van der Waals surface area contributed by atoms with E-state index in [1.54, 1.807) is 17.4 Å². The molecule has 0 spiro atoms. The molecule has 1 fully saturated rings. The standard InChI is InChI=1S/C15H16N2O3S2/c1-20-12-4-2-11(3-5-12)14-16-13(10-21-14)15(18)17-6-8-22(19)9-7-17/h2-5,10H,6-9H2,1H3. The quantitative estimate of drug-likeness (QED) is 0.860. The lowest BCUT2D eigenvalue weighted by atomic mass is 10.2. The third-order valence-corrected chi connectivity index (χ3v) is 5.69. The number of hydrogen-bond donors (Lipinski definition) is 0. The van der Waals surface area contributed by atoms with Gasteiger partial charge in [0.2, 0.25) is 0 Å². The molecule has 2 heterocycles. The van der Waals surface area contributed by atoms with Crippen LogP contribution in [0.25, 0.3) is 10.6 Å². The summed E-state index contributed by atoms with van der Waals surface area (Å²) in [7, 11) is 0.841. The second kappa shape index (κ2) is 6.58. The van der Waals surface area contributed by atoms with E-state index in [4.69, 9.17) is 4.74 Å². The van der Waals surface area contributed by atoms with Crippen molar-refractivity contribution in [2.24, 2.45) is 0 Å². The average molecular weight is 336 g/mol. The Morgan fingerprint density at radius 2 is 1.95 bits per heavy atom. The van der Waals surface area contributed by atoms with Crippen LogP contribution in [-0.4, -0.2) is 51.7 Å². The highest BCUT2D eigenvalue weighted by Gasteiger charge is 2.23. The van der Waals surface area contributed by atoms with Gasteiger partial charge in [-0.15, -0.1) is 11.3 Å². The van der Waals surface area contributed by atoms with Gasteiger partial charge in [0.15, 0.2) is 0 Å². The molecule has 1 aromatic carbocycles. The van der Waals surface area contributed by atoms with E-state index < -0.39 is 10.8 Å². The molecule has 0 radical (unpaired) electrons. The van der Waals surface area contributed by atoms with Crippen LogP contribution in [0.4, 0.5) is 0 Å². The van der Waals surface area contributed by atoms with Crippen LogP contribution in [0.3, 0.4) is 0 Å². The number of benzene rings is 1. The second-order valence-corrected chi connectivity index (χ2v) is 7.46. The number of rotatable bonds is 3. The van der Waals surface area contributed by atoms with E-state index in [1.807, 2.05) is 24.3 Å². The molecule has 22 heavy (non-hydrogen) atoms. The second-order valence-electron chi connectivity index (χ2n) is 4.91. The number of carbonyl (C=O) groups excluding carboxylic acids is 1. The minimum absolute atomic E-state index is 0.0762. The molecule has 2 aromatic rings. The van der Waals surface area contributed by atoms with Crippen molar-refractivity contribution in [1.82, 2.24) is 9.88 Å². The first-order valence-electron chi connectivity index (χ1n) is 6.91. The Labute approximate surface area is 135 Å². The molecule has 1 aliphatic rings. The van der Waals surface area contributed by atoms with Gasteiger partial charge in [-0.3, -0.25) is 9.00 Å². The monoisotopic (exact) mass is 336 g/mol. The van der Waals surface area contributed by atoms with Gasteiger partial charge in [-0.2, -0.15) is 0 Å². The highest BCUT2D eigenvalue weighted by atomic mass is 32.2. The van der Waals surface area contributed by atoms with Gasteiger partial charge < -0.3 is 9.64 Å². The topological polar surface area (TPSA) is 59.5 Å². The molecule has 0 saturated carbocycles. The number of ether oxygens (including phenoxy) is 1. The third kappa shape index (κ3) is 3.20. The molecule has 0 unspecified atom stereocenters. The summed E-state index contributed by atoms with van der Waals surface area (Å²) in [6.07, 6.45) is 0. The fraction of sp³-hybridized carbons (Fsp3) is 0.333.